The van der Waals surface area contributed by atoms with Crippen LogP contribution >= 0.6 is 46.3 Å². The van der Waals surface area contributed by atoms with E-state index in [1.54, 1.807) is 37.3 Å². The molecule has 5 aromatic rings. The number of anilines is 3. The summed E-state index contributed by atoms with van der Waals surface area (Å²) in [5.41, 5.74) is 8.44. The number of allylic oxidation sites excluding steroid dienone is 5. The van der Waals surface area contributed by atoms with Gasteiger partial charge in [0, 0.05) is 72.2 Å². The van der Waals surface area contributed by atoms with Crippen molar-refractivity contribution in [2.75, 3.05) is 43.8 Å². The fourth-order valence-corrected chi connectivity index (χ4v) is 9.56. The first-order valence-corrected chi connectivity index (χ1v) is 20.0. The lowest BCUT2D eigenvalue weighted by Gasteiger charge is -2.28. The van der Waals surface area contributed by atoms with Gasteiger partial charge in [-0.1, -0.05) is 88.8 Å². The Morgan fingerprint density at radius 3 is 2.21 bits per heavy atom. The van der Waals surface area contributed by atoms with E-state index in [-0.39, 0.29) is 0 Å². The van der Waals surface area contributed by atoms with Crippen molar-refractivity contribution >= 4 is 79.7 Å². The van der Waals surface area contributed by atoms with Crippen LogP contribution in [0, 0.1) is 0 Å². The summed E-state index contributed by atoms with van der Waals surface area (Å²) < 4.78 is 14.4. The SMILES string of the molecule is COCCCN1/C(=C/C=C2\CCC(/C=C/c3sc4cc(Cl)ccc4[n+]3CCCOC)=C2N(c2ccccc2)c2ccccc2)Sc2cc(Cl)ccc21. The van der Waals surface area contributed by atoms with Crippen LogP contribution in [0.1, 0.15) is 30.7 Å². The van der Waals surface area contributed by atoms with E-state index in [9.17, 15) is 0 Å². The highest BCUT2D eigenvalue weighted by Gasteiger charge is 2.28. The van der Waals surface area contributed by atoms with Crippen LogP contribution in [0.3, 0.4) is 0 Å². The van der Waals surface area contributed by atoms with Gasteiger partial charge in [-0.2, -0.15) is 4.57 Å². The van der Waals surface area contributed by atoms with Gasteiger partial charge < -0.3 is 19.3 Å². The quantitative estimate of drug-likeness (QED) is 0.0829. The van der Waals surface area contributed by atoms with Crippen LogP contribution in [0.2, 0.25) is 10.0 Å². The molecular formula is C43H42Cl2N3O2S2+. The third kappa shape index (κ3) is 8.21. The maximum atomic E-state index is 6.44. The molecular weight excluding hydrogens is 726 g/mol. The van der Waals surface area contributed by atoms with Gasteiger partial charge in [-0.3, -0.25) is 0 Å². The molecule has 0 atom stereocenters. The largest absolute Gasteiger partial charge is 0.385 e. The number of para-hydroxylation sites is 2. The third-order valence-corrected chi connectivity index (χ3v) is 11.9. The summed E-state index contributed by atoms with van der Waals surface area (Å²) in [5.74, 6) is 0. The molecule has 7 rings (SSSR count). The number of nitrogens with zero attached hydrogens (tertiary/aromatic N) is 3. The number of hydrogen-bond acceptors (Lipinski definition) is 6. The number of benzene rings is 4. The molecule has 4 aromatic carbocycles. The average Bonchev–Trinajstić information content (AvgIpc) is 3.83. The van der Waals surface area contributed by atoms with Crippen molar-refractivity contribution in [2.24, 2.45) is 0 Å². The summed E-state index contributed by atoms with van der Waals surface area (Å²) >= 11 is 16.4. The second-order valence-electron chi connectivity index (χ2n) is 12.7. The van der Waals surface area contributed by atoms with E-state index in [1.165, 1.54) is 47.7 Å². The minimum Gasteiger partial charge on any atom is -0.385 e. The summed E-state index contributed by atoms with van der Waals surface area (Å²) in [6.07, 6.45) is 13.0. The van der Waals surface area contributed by atoms with Crippen LogP contribution in [0.5, 0.6) is 0 Å². The maximum Gasteiger partial charge on any atom is 0.262 e. The first-order valence-electron chi connectivity index (χ1n) is 17.6. The van der Waals surface area contributed by atoms with Gasteiger partial charge >= 0.3 is 0 Å². The number of thiazole rings is 1. The summed E-state index contributed by atoms with van der Waals surface area (Å²) in [6.45, 7) is 3.16. The molecule has 0 fully saturated rings. The van der Waals surface area contributed by atoms with Crippen molar-refractivity contribution in [3.8, 4) is 0 Å². The molecule has 5 nitrogen and oxygen atoms in total. The number of fused-ring (bicyclic) bond motifs is 2. The molecule has 266 valence electrons. The smallest absolute Gasteiger partial charge is 0.262 e. The lowest BCUT2D eigenvalue weighted by Crippen LogP contribution is -2.35. The van der Waals surface area contributed by atoms with Crippen LogP contribution in [0.4, 0.5) is 17.1 Å². The average molecular weight is 768 g/mol. The predicted molar refractivity (Wildman–Crippen MR) is 221 cm³/mol. The highest BCUT2D eigenvalue weighted by molar-refractivity contribution is 8.03. The monoisotopic (exact) mass is 766 g/mol. The van der Waals surface area contributed by atoms with Gasteiger partial charge in [0.1, 0.15) is 4.70 Å². The van der Waals surface area contributed by atoms with Crippen LogP contribution < -0.4 is 14.4 Å². The lowest BCUT2D eigenvalue weighted by molar-refractivity contribution is -0.669. The number of rotatable bonds is 14. The Bertz CT molecular complexity index is 2100. The van der Waals surface area contributed by atoms with Crippen LogP contribution in [0.15, 0.2) is 142 Å². The molecule has 1 aromatic heterocycles. The number of hydrogen-bond donors (Lipinski definition) is 0. The highest BCUT2D eigenvalue weighted by atomic mass is 35.5. The van der Waals surface area contributed by atoms with Crippen LogP contribution in [-0.2, 0) is 16.0 Å². The minimum atomic E-state index is 0.712. The minimum absolute atomic E-state index is 0.712. The predicted octanol–water partition coefficient (Wildman–Crippen LogP) is 11.8. The zero-order valence-electron chi connectivity index (χ0n) is 29.4. The molecule has 0 N–H and O–H groups in total. The molecule has 52 heavy (non-hydrogen) atoms. The number of aryl methyl sites for hydroxylation is 1. The van der Waals surface area contributed by atoms with E-state index in [0.717, 1.165) is 60.2 Å². The Morgan fingerprint density at radius 2 is 1.48 bits per heavy atom. The zero-order chi connectivity index (χ0) is 35.9. The van der Waals surface area contributed by atoms with Crippen molar-refractivity contribution in [2.45, 2.75) is 37.1 Å². The molecule has 0 amide bonds. The Labute approximate surface area is 325 Å². The first kappa shape index (κ1) is 36.5. The van der Waals surface area contributed by atoms with Crippen molar-refractivity contribution in [3.05, 3.63) is 152 Å². The molecule has 0 radical (unpaired) electrons. The molecule has 0 spiro atoms. The molecule has 0 unspecified atom stereocenters. The summed E-state index contributed by atoms with van der Waals surface area (Å²) in [6, 6.07) is 33.7. The fourth-order valence-electron chi connectivity index (χ4n) is 6.83. The van der Waals surface area contributed by atoms with E-state index >= 15 is 0 Å². The van der Waals surface area contributed by atoms with Crippen molar-refractivity contribution in [1.82, 2.24) is 0 Å². The maximum absolute atomic E-state index is 6.44. The number of thioether (sulfide) groups is 1. The summed E-state index contributed by atoms with van der Waals surface area (Å²) in [7, 11) is 3.52. The van der Waals surface area contributed by atoms with Crippen molar-refractivity contribution in [3.63, 3.8) is 0 Å². The van der Waals surface area contributed by atoms with Gasteiger partial charge in [-0.15, -0.1) is 0 Å². The molecule has 9 heteroatoms. The van der Waals surface area contributed by atoms with Crippen LogP contribution in [-0.4, -0.2) is 34.0 Å². The molecule has 0 saturated heterocycles. The molecule has 0 saturated carbocycles. The van der Waals surface area contributed by atoms with E-state index < -0.39 is 0 Å². The topological polar surface area (TPSA) is 28.8 Å². The number of methoxy groups -OCH3 is 2. The highest BCUT2D eigenvalue weighted by Crippen LogP contribution is 2.48. The molecule has 2 aliphatic rings. The number of ether oxygens (including phenoxy) is 2. The second kappa shape index (κ2) is 17.3. The Balaban J connectivity index is 1.34. The van der Waals surface area contributed by atoms with E-state index in [1.807, 2.05) is 12.1 Å². The van der Waals surface area contributed by atoms with Gasteiger partial charge in [-0.05, 0) is 97.2 Å². The fraction of sp³-hybridized carbons (Fsp3) is 0.233. The zero-order valence-corrected chi connectivity index (χ0v) is 32.6. The van der Waals surface area contributed by atoms with E-state index in [2.05, 4.69) is 124 Å². The Morgan fingerprint density at radius 1 is 0.788 bits per heavy atom. The van der Waals surface area contributed by atoms with Gasteiger partial charge in [0.25, 0.3) is 5.01 Å². The number of aromatic nitrogens is 1. The lowest BCUT2D eigenvalue weighted by atomic mass is 10.1. The Kier molecular flexibility index (Phi) is 12.2. The van der Waals surface area contributed by atoms with Crippen LogP contribution in [0.25, 0.3) is 16.3 Å². The van der Waals surface area contributed by atoms with Gasteiger partial charge in [0.05, 0.1) is 23.0 Å². The van der Waals surface area contributed by atoms with E-state index in [4.69, 9.17) is 32.7 Å². The standard InChI is InChI=1S/C43H42Cl2N3O2S2/c1-49-27-9-25-46-37-21-19-33(44)29-39(37)51-41(46)23-17-31-15-16-32(43(31)48(35-11-5-3-6-12-35)36-13-7-4-8-14-36)18-24-42-47(26-10-28-50-2)38-22-20-34(45)30-40(38)52-42/h3-8,11-14,17-24,29-30H,9-10,15-16,25-28H2,1-2H3/q+1. The third-order valence-electron chi connectivity index (χ3n) is 9.23. The molecule has 1 aliphatic heterocycles. The van der Waals surface area contributed by atoms with Gasteiger partial charge in [0.15, 0.2) is 6.54 Å². The Hall–Kier alpha value is -3.82. The number of halogens is 2. The van der Waals surface area contributed by atoms with Gasteiger partial charge in [0.2, 0.25) is 5.52 Å². The van der Waals surface area contributed by atoms with Crippen molar-refractivity contribution < 1.29 is 14.0 Å². The molecule has 1 aliphatic carbocycles. The normalized spacial score (nSPS) is 16.0. The van der Waals surface area contributed by atoms with E-state index in [0.29, 0.717) is 13.2 Å². The molecule has 0 bridgehead atoms. The summed E-state index contributed by atoms with van der Waals surface area (Å²) in [5, 5.41) is 3.89. The second-order valence-corrected chi connectivity index (χ2v) is 15.7. The summed E-state index contributed by atoms with van der Waals surface area (Å²) in [4.78, 5) is 5.99. The van der Waals surface area contributed by atoms with Crippen molar-refractivity contribution in [1.29, 1.82) is 0 Å². The molecule has 2 heterocycles. The van der Waals surface area contributed by atoms with Gasteiger partial charge in [-0.25, -0.2) is 0 Å². The first-order chi connectivity index (χ1) is 25.5.